The van der Waals surface area contributed by atoms with E-state index in [1.165, 1.54) is 7.11 Å². The van der Waals surface area contributed by atoms with E-state index < -0.39 is 0 Å². The van der Waals surface area contributed by atoms with Gasteiger partial charge >= 0.3 is 0 Å². The number of amides is 1. The van der Waals surface area contributed by atoms with E-state index in [0.29, 0.717) is 50.0 Å². The highest BCUT2D eigenvalue weighted by molar-refractivity contribution is 6.31. The summed E-state index contributed by atoms with van der Waals surface area (Å²) in [4.78, 5) is 30.9. The van der Waals surface area contributed by atoms with Crippen molar-refractivity contribution in [2.24, 2.45) is 0 Å². The Morgan fingerprint density at radius 2 is 1.84 bits per heavy atom. The van der Waals surface area contributed by atoms with E-state index in [4.69, 9.17) is 20.9 Å². The van der Waals surface area contributed by atoms with Gasteiger partial charge in [-0.15, -0.1) is 0 Å². The number of aryl methyl sites for hydroxylation is 1. The van der Waals surface area contributed by atoms with E-state index >= 15 is 0 Å². The summed E-state index contributed by atoms with van der Waals surface area (Å²) in [5, 5.41) is 7.59. The monoisotopic (exact) mass is 526 g/mol. The van der Waals surface area contributed by atoms with Crippen molar-refractivity contribution in [3.8, 4) is 17.1 Å². The van der Waals surface area contributed by atoms with Gasteiger partial charge < -0.3 is 19.1 Å². The molecule has 0 aliphatic carbocycles. The van der Waals surface area contributed by atoms with Gasteiger partial charge in [-0.3, -0.25) is 9.59 Å². The predicted octanol–water partition coefficient (Wildman–Crippen LogP) is 5.55. The summed E-state index contributed by atoms with van der Waals surface area (Å²) in [6.07, 6.45) is 0. The maximum absolute atomic E-state index is 13.7. The molecule has 0 saturated carbocycles. The first-order chi connectivity index (χ1) is 18.4. The molecule has 0 radical (unpaired) electrons. The number of nitrogens with one attached hydrogen (secondary N) is 1. The molecule has 9 heteroatoms. The van der Waals surface area contributed by atoms with Crippen LogP contribution in [-0.4, -0.2) is 27.7 Å². The summed E-state index contributed by atoms with van der Waals surface area (Å²) in [6, 6.07) is 21.3. The largest absolute Gasteiger partial charge is 0.495 e. The van der Waals surface area contributed by atoms with Crippen LogP contribution >= 0.6 is 11.6 Å². The van der Waals surface area contributed by atoms with Gasteiger partial charge in [-0.1, -0.05) is 41.5 Å². The highest BCUT2D eigenvalue weighted by Crippen LogP contribution is 2.28. The molecule has 0 aliphatic heterocycles. The lowest BCUT2D eigenvalue weighted by Gasteiger charge is -2.22. The van der Waals surface area contributed by atoms with Crippen molar-refractivity contribution < 1.29 is 14.1 Å². The molecule has 38 heavy (non-hydrogen) atoms. The number of hydrogen-bond donors (Lipinski definition) is 1. The minimum absolute atomic E-state index is 0.0502. The van der Waals surface area contributed by atoms with Gasteiger partial charge in [-0.25, -0.2) is 0 Å². The number of benzene rings is 3. The molecule has 1 amide bonds. The Bertz CT molecular complexity index is 1720. The van der Waals surface area contributed by atoms with Crippen molar-refractivity contribution in [2.45, 2.75) is 13.5 Å². The first-order valence-electron chi connectivity index (χ1n) is 11.7. The Balaban J connectivity index is 1.55. The normalized spacial score (nSPS) is 10.9. The number of fused-ring (bicyclic) bond motifs is 1. The van der Waals surface area contributed by atoms with Gasteiger partial charge in [0.25, 0.3) is 11.8 Å². The molecule has 0 saturated heterocycles. The number of ether oxygens (including phenoxy) is 1. The smallest absolute Gasteiger partial charge is 0.257 e. The summed E-state index contributed by atoms with van der Waals surface area (Å²) in [6.45, 7) is 5.72. The lowest BCUT2D eigenvalue weighted by Crippen LogP contribution is -2.29. The number of nitrogens with zero attached hydrogens (tertiary/aromatic N) is 3. The van der Waals surface area contributed by atoms with E-state index in [0.717, 1.165) is 5.69 Å². The van der Waals surface area contributed by atoms with Gasteiger partial charge in [0, 0.05) is 39.3 Å². The van der Waals surface area contributed by atoms with Crippen LogP contribution in [0, 0.1) is 6.92 Å². The molecule has 5 aromatic rings. The molecule has 2 aromatic heterocycles. The van der Waals surface area contributed by atoms with E-state index in [9.17, 15) is 9.59 Å². The molecule has 8 nitrogen and oxygen atoms in total. The number of carbonyl (C=O) groups is 1. The molecular weight excluding hydrogens is 504 g/mol. The number of methoxy groups -OCH3 is 1. The third-order valence-corrected chi connectivity index (χ3v) is 6.34. The summed E-state index contributed by atoms with van der Waals surface area (Å²) >= 11 is 6.32. The topological polar surface area (TPSA) is 99.2 Å². The molecule has 2 heterocycles. The lowest BCUT2D eigenvalue weighted by atomic mass is 10.0. The van der Waals surface area contributed by atoms with Crippen molar-refractivity contribution in [2.75, 3.05) is 7.11 Å². The number of hydrogen-bond acceptors (Lipinski definition) is 6. The molecule has 5 rings (SSSR count). The first-order valence-corrected chi connectivity index (χ1v) is 12.1. The Labute approximate surface area is 223 Å². The SMILES string of the molecule is C=C(OC)c1c(CNC(=O)c2ccc(-c3nc(C)no3)cc2)c(=O)c2ccc(Cl)cc2n1-c1ccccc1. The highest BCUT2D eigenvalue weighted by atomic mass is 35.5. The standard InChI is InChI=1S/C29H23ClN4O4/c1-17(37-3)26-24(16-31-28(36)19-9-11-20(12-10-19)29-32-18(2)33-38-29)27(35)23-14-13-21(30)15-25(23)34(26)22-7-5-4-6-8-22/h4-15H,1,16H2,2-3H3,(H,31,36). The van der Waals surface area contributed by atoms with Crippen LogP contribution in [0.15, 0.2) is 88.7 Å². The fourth-order valence-electron chi connectivity index (χ4n) is 4.26. The van der Waals surface area contributed by atoms with Gasteiger partial charge in [0.2, 0.25) is 0 Å². The molecule has 0 aliphatic rings. The molecule has 0 bridgehead atoms. The molecule has 0 spiro atoms. The zero-order valence-corrected chi connectivity index (χ0v) is 21.5. The molecule has 190 valence electrons. The van der Waals surface area contributed by atoms with Crippen molar-refractivity contribution in [3.63, 3.8) is 0 Å². The summed E-state index contributed by atoms with van der Waals surface area (Å²) in [5.74, 6) is 0.814. The van der Waals surface area contributed by atoms with Crippen LogP contribution in [0.1, 0.15) is 27.4 Å². The van der Waals surface area contributed by atoms with Crippen LogP contribution in [0.25, 0.3) is 33.8 Å². The molecule has 0 atom stereocenters. The molecule has 0 fully saturated rings. The van der Waals surface area contributed by atoms with Gasteiger partial charge in [0.05, 0.1) is 18.3 Å². The molecule has 1 N–H and O–H groups in total. The third kappa shape index (κ3) is 4.69. The van der Waals surface area contributed by atoms with Gasteiger partial charge in [-0.2, -0.15) is 4.98 Å². The lowest BCUT2D eigenvalue weighted by molar-refractivity contribution is 0.0950. The number of pyridine rings is 1. The number of para-hydroxylation sites is 1. The fourth-order valence-corrected chi connectivity index (χ4v) is 4.42. The quantitative estimate of drug-likeness (QED) is 0.279. The zero-order chi connectivity index (χ0) is 26.8. The van der Waals surface area contributed by atoms with Crippen LogP contribution in [0.2, 0.25) is 5.02 Å². The maximum atomic E-state index is 13.7. The number of halogens is 1. The van der Waals surface area contributed by atoms with E-state index in [1.807, 2.05) is 34.9 Å². The molecule has 3 aromatic carbocycles. The Hall–Kier alpha value is -4.69. The number of rotatable bonds is 7. The summed E-state index contributed by atoms with van der Waals surface area (Å²) in [5.41, 5.74) is 3.02. The van der Waals surface area contributed by atoms with Crippen molar-refractivity contribution in [1.29, 1.82) is 0 Å². The highest BCUT2D eigenvalue weighted by Gasteiger charge is 2.22. The minimum atomic E-state index is -0.353. The van der Waals surface area contributed by atoms with E-state index in [-0.39, 0.29) is 23.6 Å². The predicted molar refractivity (Wildman–Crippen MR) is 146 cm³/mol. The number of carbonyl (C=O) groups excluding carboxylic acids is 1. The van der Waals surface area contributed by atoms with Crippen LogP contribution in [-0.2, 0) is 11.3 Å². The Morgan fingerprint density at radius 3 is 2.50 bits per heavy atom. The fraction of sp³-hybridized carbons (Fsp3) is 0.103. The van der Waals surface area contributed by atoms with Crippen molar-refractivity contribution >= 4 is 34.2 Å². The van der Waals surface area contributed by atoms with E-state index in [1.54, 1.807) is 49.4 Å². The summed E-state index contributed by atoms with van der Waals surface area (Å²) in [7, 11) is 1.49. The molecule has 0 unspecified atom stereocenters. The second-order valence-corrected chi connectivity index (χ2v) is 8.96. The molecular formula is C29H23ClN4O4. The van der Waals surface area contributed by atoms with Gasteiger partial charge in [0.1, 0.15) is 5.76 Å². The van der Waals surface area contributed by atoms with Crippen molar-refractivity contribution in [3.05, 3.63) is 117 Å². The second kappa shape index (κ2) is 10.4. The second-order valence-electron chi connectivity index (χ2n) is 8.52. The van der Waals surface area contributed by atoms with Gasteiger partial charge in [-0.05, 0) is 61.5 Å². The Kier molecular flexibility index (Phi) is 6.81. The number of aromatic nitrogens is 3. The van der Waals surface area contributed by atoms with Crippen LogP contribution in [0.3, 0.4) is 0 Å². The van der Waals surface area contributed by atoms with Crippen LogP contribution < -0.4 is 10.7 Å². The maximum Gasteiger partial charge on any atom is 0.257 e. The first kappa shape index (κ1) is 25.0. The van der Waals surface area contributed by atoms with E-state index in [2.05, 4.69) is 22.0 Å². The average Bonchev–Trinajstić information content (AvgIpc) is 3.38. The van der Waals surface area contributed by atoms with Gasteiger partial charge in [0.15, 0.2) is 11.3 Å². The van der Waals surface area contributed by atoms with Crippen LogP contribution in [0.5, 0.6) is 0 Å². The van der Waals surface area contributed by atoms with Crippen molar-refractivity contribution in [1.82, 2.24) is 20.0 Å². The summed E-state index contributed by atoms with van der Waals surface area (Å²) < 4.78 is 12.6. The minimum Gasteiger partial charge on any atom is -0.495 e. The Morgan fingerprint density at radius 1 is 1.11 bits per heavy atom. The average molecular weight is 527 g/mol. The zero-order valence-electron chi connectivity index (χ0n) is 20.7. The third-order valence-electron chi connectivity index (χ3n) is 6.10. The van der Waals surface area contributed by atoms with Crippen LogP contribution in [0.4, 0.5) is 0 Å².